The molecule has 0 aromatic heterocycles. The fraction of sp³-hybridized carbons (Fsp3) is 0.300. The van der Waals surface area contributed by atoms with Crippen molar-refractivity contribution >= 4 is 21.9 Å². The second kappa shape index (κ2) is 9.48. The van der Waals surface area contributed by atoms with E-state index in [9.17, 15) is 18.0 Å². The number of aryl methyl sites for hydroxylation is 1. The maximum atomic E-state index is 12.7. The third-order valence-corrected chi connectivity index (χ3v) is 5.57. The first-order chi connectivity index (χ1) is 13.2. The van der Waals surface area contributed by atoms with E-state index in [1.807, 2.05) is 30.3 Å². The maximum Gasteiger partial charge on any atom is 0.338 e. The Kier molecular flexibility index (Phi) is 7.31. The molecule has 0 unspecified atom stereocenters. The van der Waals surface area contributed by atoms with E-state index in [2.05, 4.69) is 10.0 Å². The number of nitrogens with one attached hydrogen (secondary N) is 2. The second-order valence-corrected chi connectivity index (χ2v) is 7.97. The fourth-order valence-electron chi connectivity index (χ4n) is 2.47. The second-order valence-electron chi connectivity index (χ2n) is 6.23. The molecule has 2 rings (SSSR count). The molecule has 0 heterocycles. The number of benzene rings is 2. The Labute approximate surface area is 165 Å². The largest absolute Gasteiger partial charge is 0.449 e. The Morgan fingerprint density at radius 3 is 2.43 bits per heavy atom. The summed E-state index contributed by atoms with van der Waals surface area (Å²) in [6.07, 6.45) is -0.981. The number of hydrogen-bond acceptors (Lipinski definition) is 5. The molecule has 2 N–H and O–H groups in total. The molecule has 0 aliphatic rings. The van der Waals surface area contributed by atoms with Crippen molar-refractivity contribution in [3.63, 3.8) is 0 Å². The number of rotatable bonds is 8. The van der Waals surface area contributed by atoms with Gasteiger partial charge >= 0.3 is 5.97 Å². The molecule has 150 valence electrons. The van der Waals surface area contributed by atoms with E-state index in [0.29, 0.717) is 12.1 Å². The molecule has 1 amide bonds. The monoisotopic (exact) mass is 404 g/mol. The number of ether oxygens (including phenoxy) is 1. The number of amides is 1. The van der Waals surface area contributed by atoms with E-state index in [1.54, 1.807) is 13.8 Å². The summed E-state index contributed by atoms with van der Waals surface area (Å²) in [5.74, 6) is -1.18. The van der Waals surface area contributed by atoms with Gasteiger partial charge in [-0.15, -0.1) is 0 Å². The predicted molar refractivity (Wildman–Crippen MR) is 105 cm³/mol. The number of carbonyl (C=O) groups is 2. The van der Waals surface area contributed by atoms with E-state index in [4.69, 9.17) is 4.74 Å². The highest BCUT2D eigenvalue weighted by Crippen LogP contribution is 2.18. The molecule has 0 saturated carbocycles. The lowest BCUT2D eigenvalue weighted by atomic mass is 10.1. The first kappa shape index (κ1) is 21.6. The van der Waals surface area contributed by atoms with Crippen LogP contribution in [0.15, 0.2) is 53.4 Å². The predicted octanol–water partition coefficient (Wildman–Crippen LogP) is 2.15. The number of sulfonamides is 1. The smallest absolute Gasteiger partial charge is 0.338 e. The van der Waals surface area contributed by atoms with Crippen molar-refractivity contribution in [2.24, 2.45) is 0 Å². The minimum Gasteiger partial charge on any atom is -0.449 e. The molecule has 2 aromatic rings. The van der Waals surface area contributed by atoms with Crippen LogP contribution in [0.2, 0.25) is 0 Å². The van der Waals surface area contributed by atoms with Crippen LogP contribution in [0.1, 0.15) is 35.3 Å². The quantitative estimate of drug-likeness (QED) is 0.657. The zero-order chi connectivity index (χ0) is 20.7. The van der Waals surface area contributed by atoms with Crippen LogP contribution in [0.3, 0.4) is 0 Å². The van der Waals surface area contributed by atoms with Gasteiger partial charge in [0.1, 0.15) is 0 Å². The summed E-state index contributed by atoms with van der Waals surface area (Å²) in [7, 11) is -3.84. The van der Waals surface area contributed by atoms with Crippen molar-refractivity contribution in [3.05, 3.63) is 65.2 Å². The zero-order valence-corrected chi connectivity index (χ0v) is 16.9. The van der Waals surface area contributed by atoms with Gasteiger partial charge in [-0.2, -0.15) is 0 Å². The summed E-state index contributed by atoms with van der Waals surface area (Å²) in [5.41, 5.74) is 1.37. The third-order valence-electron chi connectivity index (χ3n) is 4.03. The first-order valence-corrected chi connectivity index (χ1v) is 10.4. The third kappa shape index (κ3) is 5.64. The average Bonchev–Trinajstić information content (AvgIpc) is 2.67. The number of likely N-dealkylation sites (N-methyl/N-ethyl adjacent to an activating group) is 1. The molecule has 2 aromatic carbocycles. The number of carbonyl (C=O) groups excluding carboxylic acids is 2. The van der Waals surface area contributed by atoms with E-state index in [1.165, 1.54) is 25.1 Å². The Hall–Kier alpha value is -2.71. The van der Waals surface area contributed by atoms with Gasteiger partial charge in [0.15, 0.2) is 6.10 Å². The summed E-state index contributed by atoms with van der Waals surface area (Å²) in [5, 5.41) is 2.56. The summed E-state index contributed by atoms with van der Waals surface area (Å²) in [6.45, 7) is 5.40. The van der Waals surface area contributed by atoms with E-state index >= 15 is 0 Å². The summed E-state index contributed by atoms with van der Waals surface area (Å²) in [4.78, 5) is 24.0. The van der Waals surface area contributed by atoms with Crippen LogP contribution < -0.4 is 10.0 Å². The highest BCUT2D eigenvalue weighted by molar-refractivity contribution is 7.89. The lowest BCUT2D eigenvalue weighted by Crippen LogP contribution is -2.35. The Balaban J connectivity index is 2.17. The molecule has 0 spiro atoms. The molecule has 7 nitrogen and oxygen atoms in total. The molecular formula is C20H24N2O5S. The molecule has 0 bridgehead atoms. The van der Waals surface area contributed by atoms with Crippen LogP contribution in [0.5, 0.6) is 0 Å². The van der Waals surface area contributed by atoms with Gasteiger partial charge in [0, 0.05) is 13.1 Å². The number of hydrogen-bond donors (Lipinski definition) is 2. The van der Waals surface area contributed by atoms with Crippen LogP contribution in [-0.2, 0) is 26.1 Å². The fourth-order valence-corrected chi connectivity index (χ4v) is 3.75. The zero-order valence-electron chi connectivity index (χ0n) is 16.1. The van der Waals surface area contributed by atoms with Crippen molar-refractivity contribution in [1.29, 1.82) is 0 Å². The Bertz CT molecular complexity index is 942. The first-order valence-electron chi connectivity index (χ1n) is 8.87. The van der Waals surface area contributed by atoms with Gasteiger partial charge in [-0.25, -0.2) is 17.9 Å². The minimum absolute atomic E-state index is 0.0106. The van der Waals surface area contributed by atoms with Gasteiger partial charge in [-0.05, 0) is 44.0 Å². The van der Waals surface area contributed by atoms with Crippen LogP contribution in [0, 0.1) is 6.92 Å². The van der Waals surface area contributed by atoms with Gasteiger partial charge < -0.3 is 10.1 Å². The van der Waals surface area contributed by atoms with E-state index in [-0.39, 0.29) is 17.0 Å². The van der Waals surface area contributed by atoms with Crippen molar-refractivity contribution in [2.45, 2.75) is 38.3 Å². The van der Waals surface area contributed by atoms with Crippen LogP contribution in [0.25, 0.3) is 0 Å². The lowest BCUT2D eigenvalue weighted by molar-refractivity contribution is -0.128. The van der Waals surface area contributed by atoms with Crippen molar-refractivity contribution in [1.82, 2.24) is 10.0 Å². The molecule has 28 heavy (non-hydrogen) atoms. The summed E-state index contributed by atoms with van der Waals surface area (Å²) >= 11 is 0. The van der Waals surface area contributed by atoms with Crippen LogP contribution in [0.4, 0.5) is 0 Å². The molecule has 0 saturated heterocycles. The molecule has 0 fully saturated rings. The lowest BCUT2D eigenvalue weighted by Gasteiger charge is -2.14. The summed E-state index contributed by atoms with van der Waals surface area (Å²) in [6, 6.07) is 13.4. The molecular weight excluding hydrogens is 380 g/mol. The van der Waals surface area contributed by atoms with Gasteiger partial charge in [-0.1, -0.05) is 36.4 Å². The Morgan fingerprint density at radius 1 is 1.11 bits per heavy atom. The van der Waals surface area contributed by atoms with Gasteiger partial charge in [-0.3, -0.25) is 4.79 Å². The molecule has 0 aliphatic heterocycles. The molecule has 0 aliphatic carbocycles. The molecule has 0 radical (unpaired) electrons. The molecule has 8 heteroatoms. The maximum absolute atomic E-state index is 12.7. The van der Waals surface area contributed by atoms with Crippen molar-refractivity contribution in [3.8, 4) is 0 Å². The highest BCUT2D eigenvalue weighted by Gasteiger charge is 2.22. The summed E-state index contributed by atoms with van der Waals surface area (Å²) < 4.78 is 33.0. The van der Waals surface area contributed by atoms with E-state index in [0.717, 1.165) is 5.56 Å². The molecule has 1 atom stereocenters. The topological polar surface area (TPSA) is 102 Å². The van der Waals surface area contributed by atoms with Crippen LogP contribution >= 0.6 is 0 Å². The SMILES string of the molecule is CCNC(=O)[C@@H](C)OC(=O)c1ccc(C)c(S(=O)(=O)NCc2ccccc2)c1. The Morgan fingerprint density at radius 2 is 1.79 bits per heavy atom. The highest BCUT2D eigenvalue weighted by atomic mass is 32.2. The van der Waals surface area contributed by atoms with Gasteiger partial charge in [0.05, 0.1) is 10.5 Å². The number of esters is 1. The minimum atomic E-state index is -3.84. The van der Waals surface area contributed by atoms with Crippen LogP contribution in [-0.4, -0.2) is 32.9 Å². The van der Waals surface area contributed by atoms with E-state index < -0.39 is 28.0 Å². The van der Waals surface area contributed by atoms with Gasteiger partial charge in [0.2, 0.25) is 10.0 Å². The standard InChI is InChI=1S/C20H24N2O5S/c1-4-21-19(23)15(3)27-20(24)17-11-10-14(2)18(12-17)28(25,26)22-13-16-8-6-5-7-9-16/h5-12,15,22H,4,13H2,1-3H3,(H,21,23)/t15-/m1/s1. The average molecular weight is 404 g/mol. The normalized spacial score (nSPS) is 12.2. The van der Waals surface area contributed by atoms with Crippen molar-refractivity contribution in [2.75, 3.05) is 6.54 Å². The van der Waals surface area contributed by atoms with Crippen molar-refractivity contribution < 1.29 is 22.7 Å². The van der Waals surface area contributed by atoms with Gasteiger partial charge in [0.25, 0.3) is 5.91 Å².